The topological polar surface area (TPSA) is 32.7 Å². The molecule has 3 nitrogen and oxygen atoms in total. The van der Waals surface area contributed by atoms with Crippen molar-refractivity contribution in [2.24, 2.45) is 0 Å². The molecule has 1 atom stereocenters. The second-order valence-corrected chi connectivity index (χ2v) is 6.81. The molecular formula is C22H24FNO2. The van der Waals surface area contributed by atoms with Crippen LogP contribution >= 0.6 is 0 Å². The first kappa shape index (κ1) is 18.4. The van der Waals surface area contributed by atoms with Crippen molar-refractivity contribution < 1.29 is 14.2 Å². The van der Waals surface area contributed by atoms with Gasteiger partial charge in [0.2, 0.25) is 0 Å². The van der Waals surface area contributed by atoms with Crippen molar-refractivity contribution in [3.8, 4) is 18.1 Å². The van der Waals surface area contributed by atoms with E-state index < -0.39 is 5.60 Å². The fourth-order valence-corrected chi connectivity index (χ4v) is 3.50. The van der Waals surface area contributed by atoms with Crippen LogP contribution in [-0.2, 0) is 12.1 Å². The van der Waals surface area contributed by atoms with Gasteiger partial charge in [0.25, 0.3) is 0 Å². The highest BCUT2D eigenvalue weighted by Gasteiger charge is 2.31. The van der Waals surface area contributed by atoms with E-state index in [0.29, 0.717) is 12.8 Å². The first-order chi connectivity index (χ1) is 12.6. The molecule has 0 radical (unpaired) electrons. The Kier molecular flexibility index (Phi) is 5.92. The van der Waals surface area contributed by atoms with Crippen molar-refractivity contribution in [1.82, 2.24) is 4.90 Å². The van der Waals surface area contributed by atoms with Gasteiger partial charge in [-0.05, 0) is 61.2 Å². The van der Waals surface area contributed by atoms with Crippen LogP contribution in [0.3, 0.4) is 0 Å². The lowest BCUT2D eigenvalue weighted by Gasteiger charge is -2.27. The van der Waals surface area contributed by atoms with Gasteiger partial charge in [-0.1, -0.05) is 30.2 Å². The maximum Gasteiger partial charge on any atom is 0.148 e. The lowest BCUT2D eigenvalue weighted by molar-refractivity contribution is 0.0209. The van der Waals surface area contributed by atoms with Gasteiger partial charge in [-0.3, -0.25) is 4.90 Å². The van der Waals surface area contributed by atoms with E-state index in [1.54, 1.807) is 12.1 Å². The van der Waals surface area contributed by atoms with Crippen LogP contribution in [0.15, 0.2) is 48.5 Å². The zero-order valence-corrected chi connectivity index (χ0v) is 14.8. The molecule has 1 aliphatic rings. The molecular weight excluding hydrogens is 329 g/mol. The molecule has 0 saturated carbocycles. The summed E-state index contributed by atoms with van der Waals surface area (Å²) in [5.41, 5.74) is 1.07. The standard InChI is InChI=1S/C22H24FNO2/c1-2-15-26-21-6-3-5-18(16-21)17-24-13-4-11-22(25,12-14-24)19-7-9-20(23)10-8-19/h1,3,5-10,16,25H,4,11-15,17H2/t22-/m0/s1. The molecule has 1 aliphatic heterocycles. The summed E-state index contributed by atoms with van der Waals surface area (Å²) in [5, 5.41) is 11.1. The van der Waals surface area contributed by atoms with Crippen LogP contribution in [0.5, 0.6) is 5.75 Å². The Hall–Kier alpha value is -2.35. The number of likely N-dealkylation sites (tertiary alicyclic amines) is 1. The molecule has 0 spiro atoms. The first-order valence-electron chi connectivity index (χ1n) is 8.95. The fraction of sp³-hybridized carbons (Fsp3) is 0.364. The Balaban J connectivity index is 1.64. The lowest BCUT2D eigenvalue weighted by atomic mass is 9.87. The monoisotopic (exact) mass is 353 g/mol. The molecule has 4 heteroatoms. The summed E-state index contributed by atoms with van der Waals surface area (Å²) in [6.45, 7) is 2.76. The third-order valence-corrected chi connectivity index (χ3v) is 4.91. The Morgan fingerprint density at radius 1 is 1.15 bits per heavy atom. The van der Waals surface area contributed by atoms with Gasteiger partial charge in [-0.2, -0.15) is 0 Å². The summed E-state index contributed by atoms with van der Waals surface area (Å²) >= 11 is 0. The van der Waals surface area contributed by atoms with E-state index >= 15 is 0 Å². The summed E-state index contributed by atoms with van der Waals surface area (Å²) in [5.74, 6) is 2.97. The normalized spacial score (nSPS) is 21.0. The van der Waals surface area contributed by atoms with Crippen LogP contribution in [-0.4, -0.2) is 29.7 Å². The summed E-state index contributed by atoms with van der Waals surface area (Å²) < 4.78 is 18.6. The highest BCUT2D eigenvalue weighted by Crippen LogP contribution is 2.33. The third-order valence-electron chi connectivity index (χ3n) is 4.91. The largest absolute Gasteiger partial charge is 0.481 e. The molecule has 1 heterocycles. The second-order valence-electron chi connectivity index (χ2n) is 6.81. The minimum Gasteiger partial charge on any atom is -0.481 e. The van der Waals surface area contributed by atoms with Crippen molar-refractivity contribution in [2.45, 2.75) is 31.4 Å². The van der Waals surface area contributed by atoms with Gasteiger partial charge in [0, 0.05) is 13.1 Å². The van der Waals surface area contributed by atoms with Crippen molar-refractivity contribution in [3.63, 3.8) is 0 Å². The van der Waals surface area contributed by atoms with Crippen molar-refractivity contribution in [1.29, 1.82) is 0 Å². The minimum absolute atomic E-state index is 0.262. The second kappa shape index (κ2) is 8.35. The number of benzene rings is 2. The molecule has 0 unspecified atom stereocenters. The van der Waals surface area contributed by atoms with Crippen LogP contribution < -0.4 is 4.74 Å². The van der Waals surface area contributed by atoms with E-state index in [1.807, 2.05) is 18.2 Å². The molecule has 3 rings (SSSR count). The third kappa shape index (κ3) is 4.63. The molecule has 1 fully saturated rings. The quantitative estimate of drug-likeness (QED) is 0.832. The fourth-order valence-electron chi connectivity index (χ4n) is 3.50. The predicted octanol–water partition coefficient (Wildman–Crippen LogP) is 3.71. The minimum atomic E-state index is -0.889. The maximum absolute atomic E-state index is 13.2. The zero-order valence-electron chi connectivity index (χ0n) is 14.8. The van der Waals surface area contributed by atoms with Gasteiger partial charge < -0.3 is 9.84 Å². The summed E-state index contributed by atoms with van der Waals surface area (Å²) in [4.78, 5) is 2.34. The lowest BCUT2D eigenvalue weighted by Crippen LogP contribution is -2.29. The SMILES string of the molecule is C#CCOc1cccc(CN2CCC[C@@](O)(c3ccc(F)cc3)CC2)c1. The van der Waals surface area contributed by atoms with Crippen LogP contribution in [0, 0.1) is 18.2 Å². The van der Waals surface area contributed by atoms with Crippen LogP contribution in [0.25, 0.3) is 0 Å². The molecule has 1 N–H and O–H groups in total. The summed E-state index contributed by atoms with van der Waals surface area (Å²) in [6.07, 6.45) is 7.44. The number of terminal acetylenes is 1. The van der Waals surface area contributed by atoms with E-state index in [4.69, 9.17) is 11.2 Å². The van der Waals surface area contributed by atoms with Crippen molar-refractivity contribution in [3.05, 3.63) is 65.5 Å². The first-order valence-corrected chi connectivity index (χ1v) is 8.95. The zero-order chi connectivity index (χ0) is 18.4. The van der Waals surface area contributed by atoms with E-state index in [9.17, 15) is 9.50 Å². The molecule has 136 valence electrons. The number of rotatable bonds is 5. The molecule has 0 amide bonds. The summed E-state index contributed by atoms with van der Waals surface area (Å²) in [6, 6.07) is 14.2. The number of nitrogens with zero attached hydrogens (tertiary/aromatic N) is 1. The average Bonchev–Trinajstić information content (AvgIpc) is 2.83. The molecule has 26 heavy (non-hydrogen) atoms. The number of aliphatic hydroxyl groups is 1. The Morgan fingerprint density at radius 3 is 2.73 bits per heavy atom. The summed E-state index contributed by atoms with van der Waals surface area (Å²) in [7, 11) is 0. The average molecular weight is 353 g/mol. The van der Waals surface area contributed by atoms with E-state index in [2.05, 4.69) is 16.9 Å². The number of ether oxygens (including phenoxy) is 1. The highest BCUT2D eigenvalue weighted by atomic mass is 19.1. The maximum atomic E-state index is 13.2. The molecule has 2 aromatic rings. The smallest absolute Gasteiger partial charge is 0.148 e. The van der Waals surface area contributed by atoms with Crippen LogP contribution in [0.1, 0.15) is 30.4 Å². The number of hydrogen-bond donors (Lipinski definition) is 1. The van der Waals surface area contributed by atoms with E-state index in [1.165, 1.54) is 12.1 Å². The van der Waals surface area contributed by atoms with Gasteiger partial charge in [-0.25, -0.2) is 4.39 Å². The van der Waals surface area contributed by atoms with E-state index in [-0.39, 0.29) is 12.4 Å². The van der Waals surface area contributed by atoms with Crippen LogP contribution in [0.4, 0.5) is 4.39 Å². The predicted molar refractivity (Wildman–Crippen MR) is 100 cm³/mol. The molecule has 0 aliphatic carbocycles. The van der Waals surface area contributed by atoms with Gasteiger partial charge in [0.1, 0.15) is 18.2 Å². The van der Waals surface area contributed by atoms with Gasteiger partial charge >= 0.3 is 0 Å². The number of halogens is 1. The molecule has 2 aromatic carbocycles. The highest BCUT2D eigenvalue weighted by molar-refractivity contribution is 5.29. The van der Waals surface area contributed by atoms with E-state index in [0.717, 1.165) is 42.9 Å². The van der Waals surface area contributed by atoms with Crippen LogP contribution in [0.2, 0.25) is 0 Å². The van der Waals surface area contributed by atoms with Gasteiger partial charge in [0.05, 0.1) is 5.60 Å². The Bertz CT molecular complexity index is 768. The van der Waals surface area contributed by atoms with Crippen molar-refractivity contribution in [2.75, 3.05) is 19.7 Å². The number of hydrogen-bond acceptors (Lipinski definition) is 3. The van der Waals surface area contributed by atoms with Crippen molar-refractivity contribution >= 4 is 0 Å². The molecule has 0 bridgehead atoms. The van der Waals surface area contributed by atoms with Gasteiger partial charge in [0.15, 0.2) is 0 Å². The Labute approximate surface area is 154 Å². The molecule has 0 aromatic heterocycles. The molecule has 1 saturated heterocycles. The van der Waals surface area contributed by atoms with Gasteiger partial charge in [-0.15, -0.1) is 6.42 Å². The Morgan fingerprint density at radius 2 is 1.96 bits per heavy atom.